The fourth-order valence-electron chi connectivity index (χ4n) is 2.78. The molecule has 2 aromatic rings. The van der Waals surface area contributed by atoms with Gasteiger partial charge in [-0.05, 0) is 36.6 Å². The molecule has 0 unspecified atom stereocenters. The van der Waals surface area contributed by atoms with Gasteiger partial charge in [0.2, 0.25) is 0 Å². The van der Waals surface area contributed by atoms with Crippen molar-refractivity contribution in [2.75, 3.05) is 0 Å². The Hall–Kier alpha value is -2.12. The molecule has 104 valence electrons. The summed E-state index contributed by atoms with van der Waals surface area (Å²) in [5.41, 5.74) is 5.31. The van der Waals surface area contributed by atoms with Crippen LogP contribution in [0, 0.1) is 0 Å². The smallest absolute Gasteiger partial charge is 0.194 e. The number of benzene rings is 2. The Kier molecular flexibility index (Phi) is 3.52. The first-order chi connectivity index (χ1) is 10.1. The lowest BCUT2D eigenvalue weighted by Crippen LogP contribution is -2.02. The first-order valence-electron chi connectivity index (χ1n) is 6.88. The monoisotopic (exact) mass is 294 g/mol. The number of Topliss-reactive ketones (excluding diaryl/α,β-unsaturated/α-hetero) is 1. The van der Waals surface area contributed by atoms with Gasteiger partial charge in [-0.15, -0.1) is 0 Å². The number of hydrogen-bond donors (Lipinski definition) is 0. The van der Waals surface area contributed by atoms with Crippen molar-refractivity contribution in [2.24, 2.45) is 0 Å². The number of hydrogen-bond acceptors (Lipinski definition) is 1. The van der Waals surface area contributed by atoms with Crippen molar-refractivity contribution < 1.29 is 4.79 Å². The van der Waals surface area contributed by atoms with Crippen molar-refractivity contribution in [2.45, 2.75) is 13.8 Å². The Labute approximate surface area is 129 Å². The Morgan fingerprint density at radius 2 is 1.33 bits per heavy atom. The molecule has 0 bridgehead atoms. The maximum Gasteiger partial charge on any atom is 0.194 e. The zero-order valence-electron chi connectivity index (χ0n) is 12.0. The summed E-state index contributed by atoms with van der Waals surface area (Å²) in [6.07, 6.45) is 0. The van der Waals surface area contributed by atoms with Crippen LogP contribution in [-0.4, -0.2) is 5.78 Å². The highest BCUT2D eigenvalue weighted by Gasteiger charge is 2.30. The van der Waals surface area contributed by atoms with E-state index in [2.05, 4.69) is 0 Å². The zero-order chi connectivity index (χ0) is 15.0. The van der Waals surface area contributed by atoms with Gasteiger partial charge in [0.15, 0.2) is 5.78 Å². The van der Waals surface area contributed by atoms with Crippen LogP contribution in [0.5, 0.6) is 0 Å². The summed E-state index contributed by atoms with van der Waals surface area (Å²) in [4.78, 5) is 12.9. The van der Waals surface area contributed by atoms with Gasteiger partial charge >= 0.3 is 0 Å². The van der Waals surface area contributed by atoms with E-state index in [0.717, 1.165) is 33.4 Å². The second-order valence-corrected chi connectivity index (χ2v) is 5.58. The molecule has 2 aromatic carbocycles. The molecule has 2 heteroatoms. The average Bonchev–Trinajstić information content (AvgIpc) is 2.71. The van der Waals surface area contributed by atoms with Crippen LogP contribution in [0.25, 0.3) is 11.1 Å². The lowest BCUT2D eigenvalue weighted by molar-refractivity contribution is -0.108. The van der Waals surface area contributed by atoms with Crippen LogP contribution in [0.15, 0.2) is 65.7 Å². The highest BCUT2D eigenvalue weighted by Crippen LogP contribution is 2.41. The van der Waals surface area contributed by atoms with Crippen molar-refractivity contribution in [1.82, 2.24) is 0 Å². The second-order valence-electron chi connectivity index (χ2n) is 5.17. The Morgan fingerprint density at radius 1 is 0.762 bits per heavy atom. The molecule has 1 aliphatic carbocycles. The van der Waals surface area contributed by atoms with Gasteiger partial charge < -0.3 is 0 Å². The predicted molar refractivity (Wildman–Crippen MR) is 88.1 cm³/mol. The molecule has 0 fully saturated rings. The van der Waals surface area contributed by atoms with Crippen molar-refractivity contribution in [3.05, 3.63) is 81.9 Å². The summed E-state index contributed by atoms with van der Waals surface area (Å²) in [5.74, 6) is 0.0595. The molecular weight excluding hydrogens is 280 g/mol. The summed E-state index contributed by atoms with van der Waals surface area (Å²) in [7, 11) is 0. The second kappa shape index (κ2) is 5.34. The summed E-state index contributed by atoms with van der Waals surface area (Å²) >= 11 is 6.27. The quantitative estimate of drug-likeness (QED) is 0.747. The molecule has 0 radical (unpaired) electrons. The van der Waals surface area contributed by atoms with Gasteiger partial charge in [-0.1, -0.05) is 60.1 Å². The molecule has 0 atom stereocenters. The van der Waals surface area contributed by atoms with Crippen molar-refractivity contribution >= 4 is 28.5 Å². The summed E-state index contributed by atoms with van der Waals surface area (Å²) in [5, 5.41) is 0.613. The Bertz CT molecular complexity index is 782. The molecule has 1 aliphatic rings. The van der Waals surface area contributed by atoms with E-state index < -0.39 is 0 Å². The van der Waals surface area contributed by atoms with Crippen LogP contribution in [0.3, 0.4) is 0 Å². The van der Waals surface area contributed by atoms with E-state index in [9.17, 15) is 4.79 Å². The third-order valence-electron chi connectivity index (χ3n) is 3.97. The molecule has 0 aliphatic heterocycles. The van der Waals surface area contributed by atoms with Crippen LogP contribution in [0.1, 0.15) is 25.0 Å². The van der Waals surface area contributed by atoms with Gasteiger partial charge in [0.1, 0.15) is 0 Å². The molecule has 21 heavy (non-hydrogen) atoms. The molecule has 1 nitrogen and oxygen atoms in total. The predicted octanol–water partition coefficient (Wildman–Crippen LogP) is 5.17. The third-order valence-corrected chi connectivity index (χ3v) is 4.30. The maximum absolute atomic E-state index is 12.9. The van der Waals surface area contributed by atoms with E-state index in [4.69, 9.17) is 11.6 Å². The summed E-state index contributed by atoms with van der Waals surface area (Å²) in [6.45, 7) is 3.99. The minimum Gasteiger partial charge on any atom is -0.289 e. The average molecular weight is 295 g/mol. The standard InChI is InChI=1S/C19H15ClO/c1-12-13(2)18(15-10-6-7-11-16(15)20)19(21)17(12)14-8-4-3-5-9-14/h3-11H,1-2H3. The van der Waals surface area contributed by atoms with E-state index in [1.54, 1.807) is 0 Å². The normalized spacial score (nSPS) is 15.1. The van der Waals surface area contributed by atoms with E-state index in [1.165, 1.54) is 0 Å². The molecule has 0 spiro atoms. The number of rotatable bonds is 2. The van der Waals surface area contributed by atoms with Gasteiger partial charge in [-0.2, -0.15) is 0 Å². The van der Waals surface area contributed by atoms with E-state index in [0.29, 0.717) is 5.02 Å². The maximum atomic E-state index is 12.9. The molecule has 3 rings (SSSR count). The minimum absolute atomic E-state index is 0.0595. The zero-order valence-corrected chi connectivity index (χ0v) is 12.7. The lowest BCUT2D eigenvalue weighted by atomic mass is 9.96. The van der Waals surface area contributed by atoms with E-state index >= 15 is 0 Å². The Morgan fingerprint density at radius 3 is 2.00 bits per heavy atom. The molecular formula is C19H15ClO. The topological polar surface area (TPSA) is 17.1 Å². The lowest BCUT2D eigenvalue weighted by Gasteiger charge is -2.07. The van der Waals surface area contributed by atoms with Crippen LogP contribution in [-0.2, 0) is 4.79 Å². The minimum atomic E-state index is 0.0595. The first kappa shape index (κ1) is 13.8. The molecule has 0 heterocycles. The SMILES string of the molecule is CC1=C(c2ccccc2)C(=O)C(c2ccccc2Cl)=C1C. The molecule has 0 saturated heterocycles. The van der Waals surface area contributed by atoms with Crippen LogP contribution in [0.4, 0.5) is 0 Å². The van der Waals surface area contributed by atoms with Crippen LogP contribution in [0.2, 0.25) is 5.02 Å². The number of carbonyl (C=O) groups excluding carboxylic acids is 1. The largest absolute Gasteiger partial charge is 0.289 e. The fourth-order valence-corrected chi connectivity index (χ4v) is 3.01. The highest BCUT2D eigenvalue weighted by atomic mass is 35.5. The molecule has 0 N–H and O–H groups in total. The van der Waals surface area contributed by atoms with Crippen molar-refractivity contribution in [1.29, 1.82) is 0 Å². The van der Waals surface area contributed by atoms with E-state index in [1.807, 2.05) is 68.4 Å². The van der Waals surface area contributed by atoms with Crippen molar-refractivity contribution in [3.63, 3.8) is 0 Å². The molecule has 0 aromatic heterocycles. The van der Waals surface area contributed by atoms with Gasteiger partial charge in [0.25, 0.3) is 0 Å². The van der Waals surface area contributed by atoms with Crippen LogP contribution >= 0.6 is 11.6 Å². The van der Waals surface area contributed by atoms with Gasteiger partial charge in [-0.3, -0.25) is 4.79 Å². The van der Waals surface area contributed by atoms with Gasteiger partial charge in [0, 0.05) is 21.7 Å². The number of halogens is 1. The van der Waals surface area contributed by atoms with Crippen molar-refractivity contribution in [3.8, 4) is 0 Å². The highest BCUT2D eigenvalue weighted by molar-refractivity contribution is 6.48. The third kappa shape index (κ3) is 2.24. The fraction of sp³-hybridized carbons (Fsp3) is 0.105. The molecule has 0 saturated carbocycles. The Balaban J connectivity index is 2.14. The van der Waals surface area contributed by atoms with Gasteiger partial charge in [-0.25, -0.2) is 0 Å². The van der Waals surface area contributed by atoms with Crippen LogP contribution < -0.4 is 0 Å². The summed E-state index contributed by atoms with van der Waals surface area (Å²) < 4.78 is 0. The van der Waals surface area contributed by atoms with Gasteiger partial charge in [0.05, 0.1) is 0 Å². The first-order valence-corrected chi connectivity index (χ1v) is 7.26. The number of allylic oxidation sites excluding steroid dienone is 4. The number of carbonyl (C=O) groups is 1. The number of ketones is 1. The summed E-state index contributed by atoms with van der Waals surface area (Å²) in [6, 6.07) is 17.3. The molecule has 0 amide bonds. The van der Waals surface area contributed by atoms with E-state index in [-0.39, 0.29) is 5.78 Å².